The number of carboxylic acid groups (broad SMARTS) is 1. The quantitative estimate of drug-likeness (QED) is 0.349. The fourth-order valence-electron chi connectivity index (χ4n) is 4.51. The van der Waals surface area contributed by atoms with Gasteiger partial charge in [-0.25, -0.2) is 9.59 Å². The van der Waals surface area contributed by atoms with Crippen molar-refractivity contribution in [1.29, 1.82) is 0 Å². The number of nitrogens with one attached hydrogen (secondary N) is 2. The zero-order valence-corrected chi connectivity index (χ0v) is 20.3. The van der Waals surface area contributed by atoms with E-state index in [4.69, 9.17) is 4.74 Å². The number of hydrogen-bond donors (Lipinski definition) is 4. The minimum absolute atomic E-state index is 0.0347. The lowest BCUT2D eigenvalue weighted by Crippen LogP contribution is -2.57. The summed E-state index contributed by atoms with van der Waals surface area (Å²) in [4.78, 5) is 39.0. The third kappa shape index (κ3) is 8.57. The van der Waals surface area contributed by atoms with Crippen molar-refractivity contribution in [2.24, 2.45) is 5.92 Å². The van der Waals surface area contributed by atoms with Crippen LogP contribution in [-0.4, -0.2) is 52.0 Å². The van der Waals surface area contributed by atoms with E-state index in [0.29, 0.717) is 6.42 Å². The number of hydrogen-bond acceptors (Lipinski definition) is 5. The zero-order chi connectivity index (χ0) is 25.8. The predicted molar refractivity (Wildman–Crippen MR) is 134 cm³/mol. The Morgan fingerprint density at radius 3 is 2.11 bits per heavy atom. The maximum atomic E-state index is 13.4. The van der Waals surface area contributed by atoms with Crippen molar-refractivity contribution in [2.45, 2.75) is 63.9 Å². The summed E-state index contributed by atoms with van der Waals surface area (Å²) < 4.78 is 5.17. The SMILES string of the molecule is O=C(NC(CO)NC(=O)[C@H](CC1CCCCC1)N(Cc1ccccc1)C(=O)O)OCc1ccccc1. The van der Waals surface area contributed by atoms with Gasteiger partial charge in [-0.1, -0.05) is 92.8 Å². The van der Waals surface area contributed by atoms with Crippen LogP contribution >= 0.6 is 0 Å². The first-order valence-corrected chi connectivity index (χ1v) is 12.4. The van der Waals surface area contributed by atoms with Crippen LogP contribution in [0.4, 0.5) is 9.59 Å². The monoisotopic (exact) mass is 497 g/mol. The van der Waals surface area contributed by atoms with Crippen molar-refractivity contribution in [2.75, 3.05) is 6.61 Å². The van der Waals surface area contributed by atoms with Crippen LogP contribution in [0.3, 0.4) is 0 Å². The molecule has 1 aliphatic rings. The second-order valence-corrected chi connectivity index (χ2v) is 9.10. The van der Waals surface area contributed by atoms with Crippen LogP contribution in [0, 0.1) is 5.92 Å². The van der Waals surface area contributed by atoms with Crippen LogP contribution in [-0.2, 0) is 22.7 Å². The molecule has 0 heterocycles. The molecule has 9 heteroatoms. The van der Waals surface area contributed by atoms with Gasteiger partial charge in [0.05, 0.1) is 6.61 Å². The number of alkyl carbamates (subject to hydrolysis) is 1. The van der Waals surface area contributed by atoms with E-state index in [2.05, 4.69) is 10.6 Å². The number of ether oxygens (including phenoxy) is 1. The van der Waals surface area contributed by atoms with Gasteiger partial charge in [-0.3, -0.25) is 15.0 Å². The van der Waals surface area contributed by atoms with Gasteiger partial charge >= 0.3 is 12.2 Å². The molecule has 0 bridgehead atoms. The van der Waals surface area contributed by atoms with Gasteiger partial charge in [0, 0.05) is 6.54 Å². The molecule has 0 aromatic heterocycles. The molecule has 1 aliphatic carbocycles. The normalized spacial score (nSPS) is 15.4. The predicted octanol–water partition coefficient (Wildman–Crippen LogP) is 3.87. The number of carbonyl (C=O) groups excluding carboxylic acids is 2. The summed E-state index contributed by atoms with van der Waals surface area (Å²) in [5.41, 5.74) is 1.56. The Hall–Kier alpha value is -3.59. The van der Waals surface area contributed by atoms with Gasteiger partial charge in [0.25, 0.3) is 0 Å². The highest BCUT2D eigenvalue weighted by molar-refractivity contribution is 5.86. The Morgan fingerprint density at radius 2 is 1.53 bits per heavy atom. The smallest absolute Gasteiger partial charge is 0.409 e. The maximum absolute atomic E-state index is 13.4. The standard InChI is InChI=1S/C27H35N3O6/c31-18-24(29-26(33)36-19-22-14-8-3-9-15-22)28-25(32)23(16-20-10-4-1-5-11-20)30(27(34)35)17-21-12-6-2-7-13-21/h2-3,6-9,12-15,20,23-24,31H,1,4-5,10-11,16-19H2,(H,28,32)(H,29,33)(H,34,35)/t23-,24?/m0/s1. The van der Waals surface area contributed by atoms with Gasteiger partial charge < -0.3 is 20.3 Å². The van der Waals surface area contributed by atoms with Gasteiger partial charge in [0.2, 0.25) is 5.91 Å². The molecule has 2 aromatic rings. The summed E-state index contributed by atoms with van der Waals surface area (Å²) in [6.45, 7) is -0.488. The van der Waals surface area contributed by atoms with E-state index in [0.717, 1.165) is 48.1 Å². The van der Waals surface area contributed by atoms with E-state index in [9.17, 15) is 24.6 Å². The minimum Gasteiger partial charge on any atom is -0.465 e. The summed E-state index contributed by atoms with van der Waals surface area (Å²) in [5.74, 6) is -0.343. The number of nitrogens with zero attached hydrogens (tertiary/aromatic N) is 1. The van der Waals surface area contributed by atoms with Gasteiger partial charge in [0.1, 0.15) is 18.8 Å². The number of rotatable bonds is 11. The van der Waals surface area contributed by atoms with Gasteiger partial charge in [-0.15, -0.1) is 0 Å². The molecule has 36 heavy (non-hydrogen) atoms. The van der Waals surface area contributed by atoms with E-state index in [1.54, 1.807) is 0 Å². The van der Waals surface area contributed by atoms with Crippen LogP contribution in [0.1, 0.15) is 49.7 Å². The summed E-state index contributed by atoms with van der Waals surface area (Å²) in [6.07, 6.45) is 2.38. The first-order valence-electron chi connectivity index (χ1n) is 12.4. The summed E-state index contributed by atoms with van der Waals surface area (Å²) in [5, 5.41) is 24.8. The number of amides is 3. The summed E-state index contributed by atoms with van der Waals surface area (Å²) in [7, 11) is 0. The molecule has 0 aliphatic heterocycles. The van der Waals surface area contributed by atoms with Crippen molar-refractivity contribution in [1.82, 2.24) is 15.5 Å². The van der Waals surface area contributed by atoms with Gasteiger partial charge in [-0.2, -0.15) is 0 Å². The Bertz CT molecular complexity index is 966. The van der Waals surface area contributed by atoms with Gasteiger partial charge in [-0.05, 0) is 23.5 Å². The molecule has 0 radical (unpaired) electrons. The fourth-order valence-corrected chi connectivity index (χ4v) is 4.51. The molecule has 2 atom stereocenters. The maximum Gasteiger partial charge on any atom is 0.409 e. The average molecular weight is 498 g/mol. The summed E-state index contributed by atoms with van der Waals surface area (Å²) >= 11 is 0. The molecule has 4 N–H and O–H groups in total. The molecule has 0 spiro atoms. The first kappa shape index (κ1) is 27.0. The largest absolute Gasteiger partial charge is 0.465 e. The molecule has 1 unspecified atom stereocenters. The highest BCUT2D eigenvalue weighted by atomic mass is 16.5. The fraction of sp³-hybridized carbons (Fsp3) is 0.444. The molecule has 1 saturated carbocycles. The molecule has 3 rings (SSSR count). The average Bonchev–Trinajstić information content (AvgIpc) is 2.90. The topological polar surface area (TPSA) is 128 Å². The van der Waals surface area contributed by atoms with Crippen molar-refractivity contribution in [3.63, 3.8) is 0 Å². The van der Waals surface area contributed by atoms with Crippen molar-refractivity contribution < 1.29 is 29.3 Å². The molecule has 3 amide bonds. The Kier molecular flexibility index (Phi) is 10.6. The second-order valence-electron chi connectivity index (χ2n) is 9.10. The number of aliphatic hydroxyl groups is 1. The zero-order valence-electron chi connectivity index (χ0n) is 20.3. The van der Waals surface area contributed by atoms with E-state index >= 15 is 0 Å². The Balaban J connectivity index is 1.67. The van der Waals surface area contributed by atoms with Crippen LogP contribution in [0.5, 0.6) is 0 Å². The number of benzene rings is 2. The van der Waals surface area contributed by atoms with Crippen LogP contribution < -0.4 is 10.6 Å². The van der Waals surface area contributed by atoms with E-state index in [-0.39, 0.29) is 19.1 Å². The van der Waals surface area contributed by atoms with Crippen molar-refractivity contribution >= 4 is 18.1 Å². The van der Waals surface area contributed by atoms with Crippen LogP contribution in [0.15, 0.2) is 60.7 Å². The third-order valence-corrected chi connectivity index (χ3v) is 6.41. The highest BCUT2D eigenvalue weighted by Gasteiger charge is 2.34. The molecule has 2 aromatic carbocycles. The van der Waals surface area contributed by atoms with Crippen molar-refractivity contribution in [3.8, 4) is 0 Å². The lowest BCUT2D eigenvalue weighted by molar-refractivity contribution is -0.128. The first-order chi connectivity index (χ1) is 17.5. The Labute approximate surface area is 211 Å². The summed E-state index contributed by atoms with van der Waals surface area (Å²) in [6, 6.07) is 17.2. The lowest BCUT2D eigenvalue weighted by atomic mass is 9.84. The molecule has 9 nitrogen and oxygen atoms in total. The van der Waals surface area contributed by atoms with Crippen LogP contribution in [0.25, 0.3) is 0 Å². The number of carbonyl (C=O) groups is 3. The Morgan fingerprint density at radius 1 is 0.917 bits per heavy atom. The highest BCUT2D eigenvalue weighted by Crippen LogP contribution is 2.29. The second kappa shape index (κ2) is 14.1. The van der Waals surface area contributed by atoms with E-state index in [1.807, 2.05) is 60.7 Å². The number of aliphatic hydroxyl groups excluding tert-OH is 1. The van der Waals surface area contributed by atoms with E-state index < -0.39 is 36.9 Å². The molecular formula is C27H35N3O6. The third-order valence-electron chi connectivity index (χ3n) is 6.41. The lowest BCUT2D eigenvalue weighted by Gasteiger charge is -2.33. The minimum atomic E-state index is -1.20. The van der Waals surface area contributed by atoms with E-state index in [1.165, 1.54) is 0 Å². The molecule has 1 fully saturated rings. The molecular weight excluding hydrogens is 462 g/mol. The molecule has 0 saturated heterocycles. The van der Waals surface area contributed by atoms with Crippen LogP contribution in [0.2, 0.25) is 0 Å². The molecule has 194 valence electrons. The van der Waals surface area contributed by atoms with Crippen molar-refractivity contribution in [3.05, 3.63) is 71.8 Å². The van der Waals surface area contributed by atoms with Gasteiger partial charge in [0.15, 0.2) is 0 Å².